The van der Waals surface area contributed by atoms with Gasteiger partial charge in [0.15, 0.2) is 0 Å². The molecule has 8 heteroatoms. The Morgan fingerprint density at radius 3 is 2.39 bits per heavy atom. The molecule has 1 rings (SSSR count). The van der Waals surface area contributed by atoms with Crippen LogP contribution in [0.3, 0.4) is 0 Å². The molecule has 0 aromatic heterocycles. The molecule has 1 aromatic rings. The highest BCUT2D eigenvalue weighted by atomic mass is 32.2. The zero-order valence-corrected chi connectivity index (χ0v) is 10.2. The van der Waals surface area contributed by atoms with E-state index in [0.29, 0.717) is 12.5 Å². The molecule has 1 aromatic carbocycles. The van der Waals surface area contributed by atoms with Gasteiger partial charge < -0.3 is 5.32 Å². The molecular formula is C10H11F4NO2S. The zero-order valence-electron chi connectivity index (χ0n) is 9.38. The highest BCUT2D eigenvalue weighted by molar-refractivity contribution is 7.92. The SMILES string of the molecule is CCCNc1ccc(F)cc1S(=O)(=O)C(F)(F)F. The number of nitrogens with one attached hydrogen (secondary N) is 1. The van der Waals surface area contributed by atoms with E-state index in [1.807, 2.05) is 0 Å². The van der Waals surface area contributed by atoms with Crippen LogP contribution in [0.25, 0.3) is 0 Å². The molecule has 0 heterocycles. The lowest BCUT2D eigenvalue weighted by molar-refractivity contribution is -0.0435. The number of hydrogen-bond donors (Lipinski definition) is 1. The molecule has 0 saturated heterocycles. The topological polar surface area (TPSA) is 46.2 Å². The Bertz CT molecular complexity index is 525. The predicted molar refractivity (Wildman–Crippen MR) is 58.4 cm³/mol. The molecule has 0 amide bonds. The fourth-order valence-electron chi connectivity index (χ4n) is 1.25. The Morgan fingerprint density at radius 2 is 1.89 bits per heavy atom. The van der Waals surface area contributed by atoms with E-state index < -0.39 is 26.1 Å². The van der Waals surface area contributed by atoms with Crippen LogP contribution in [0.5, 0.6) is 0 Å². The molecule has 0 saturated carbocycles. The number of anilines is 1. The van der Waals surface area contributed by atoms with Crippen LogP contribution < -0.4 is 5.32 Å². The smallest absolute Gasteiger partial charge is 0.384 e. The first-order valence-electron chi connectivity index (χ1n) is 5.05. The summed E-state index contributed by atoms with van der Waals surface area (Å²) in [6.45, 7) is 2.04. The van der Waals surface area contributed by atoms with E-state index in [9.17, 15) is 26.0 Å². The third-order valence-electron chi connectivity index (χ3n) is 2.10. The van der Waals surface area contributed by atoms with Crippen molar-refractivity contribution < 1.29 is 26.0 Å². The van der Waals surface area contributed by atoms with Gasteiger partial charge in [0, 0.05) is 6.54 Å². The van der Waals surface area contributed by atoms with Gasteiger partial charge in [-0.25, -0.2) is 12.8 Å². The van der Waals surface area contributed by atoms with E-state index in [2.05, 4.69) is 5.32 Å². The van der Waals surface area contributed by atoms with Crippen molar-refractivity contribution in [1.29, 1.82) is 0 Å². The Hall–Kier alpha value is -1.31. The van der Waals surface area contributed by atoms with Crippen molar-refractivity contribution in [3.8, 4) is 0 Å². The van der Waals surface area contributed by atoms with E-state index in [1.165, 1.54) is 0 Å². The minimum atomic E-state index is -5.56. The standard InChI is InChI=1S/C10H11F4NO2S/c1-2-5-15-8-4-3-7(11)6-9(8)18(16,17)10(12,13)14/h3-4,6,15H,2,5H2,1H3. The second-order valence-electron chi connectivity index (χ2n) is 3.52. The number of halogens is 4. The van der Waals surface area contributed by atoms with Crippen LogP contribution in [0.2, 0.25) is 0 Å². The number of hydrogen-bond acceptors (Lipinski definition) is 3. The first-order valence-corrected chi connectivity index (χ1v) is 6.53. The minimum Gasteiger partial charge on any atom is -0.384 e. The number of sulfone groups is 1. The number of rotatable bonds is 4. The van der Waals surface area contributed by atoms with Crippen LogP contribution in [-0.4, -0.2) is 20.5 Å². The summed E-state index contributed by atoms with van der Waals surface area (Å²) in [7, 11) is -5.56. The lowest BCUT2D eigenvalue weighted by atomic mass is 10.3. The van der Waals surface area contributed by atoms with E-state index in [1.54, 1.807) is 6.92 Å². The van der Waals surface area contributed by atoms with Crippen LogP contribution >= 0.6 is 0 Å². The molecule has 0 radical (unpaired) electrons. The number of benzene rings is 1. The molecule has 0 unspecified atom stereocenters. The second-order valence-corrected chi connectivity index (χ2v) is 5.43. The average Bonchev–Trinajstić information content (AvgIpc) is 2.25. The fraction of sp³-hybridized carbons (Fsp3) is 0.400. The van der Waals surface area contributed by atoms with Crippen molar-refractivity contribution in [2.45, 2.75) is 23.7 Å². The van der Waals surface area contributed by atoms with Gasteiger partial charge in [0.25, 0.3) is 9.84 Å². The van der Waals surface area contributed by atoms with Gasteiger partial charge in [0.2, 0.25) is 0 Å². The van der Waals surface area contributed by atoms with Crippen molar-refractivity contribution in [2.24, 2.45) is 0 Å². The third kappa shape index (κ3) is 2.92. The first kappa shape index (κ1) is 14.7. The molecule has 0 spiro atoms. The molecule has 0 aliphatic heterocycles. The van der Waals surface area contributed by atoms with Gasteiger partial charge in [-0.05, 0) is 24.6 Å². The Morgan fingerprint density at radius 1 is 1.28 bits per heavy atom. The maximum Gasteiger partial charge on any atom is 0.501 e. The lowest BCUT2D eigenvalue weighted by Crippen LogP contribution is -2.24. The van der Waals surface area contributed by atoms with Crippen molar-refractivity contribution >= 4 is 15.5 Å². The van der Waals surface area contributed by atoms with Gasteiger partial charge in [-0.2, -0.15) is 13.2 Å². The Kier molecular flexibility index (Phi) is 4.20. The monoisotopic (exact) mass is 285 g/mol. The zero-order chi connectivity index (χ0) is 14.0. The maximum atomic E-state index is 12.9. The molecule has 0 aliphatic carbocycles. The van der Waals surface area contributed by atoms with Crippen molar-refractivity contribution in [1.82, 2.24) is 0 Å². The molecule has 0 aliphatic rings. The van der Waals surface area contributed by atoms with Crippen LogP contribution in [0.15, 0.2) is 23.1 Å². The highest BCUT2D eigenvalue weighted by Gasteiger charge is 2.48. The van der Waals surface area contributed by atoms with E-state index in [0.717, 1.165) is 12.1 Å². The highest BCUT2D eigenvalue weighted by Crippen LogP contribution is 2.34. The summed E-state index contributed by atoms with van der Waals surface area (Å²) in [4.78, 5) is -1.09. The van der Waals surface area contributed by atoms with E-state index >= 15 is 0 Å². The lowest BCUT2D eigenvalue weighted by Gasteiger charge is -2.13. The van der Waals surface area contributed by atoms with E-state index in [4.69, 9.17) is 0 Å². The molecule has 102 valence electrons. The quantitative estimate of drug-likeness (QED) is 0.865. The third-order valence-corrected chi connectivity index (χ3v) is 3.63. The number of alkyl halides is 3. The van der Waals surface area contributed by atoms with Crippen LogP contribution in [0.4, 0.5) is 23.2 Å². The van der Waals surface area contributed by atoms with Crippen molar-refractivity contribution in [3.05, 3.63) is 24.0 Å². The molecule has 0 atom stereocenters. The Labute approximate surface area is 102 Å². The van der Waals surface area contributed by atoms with Gasteiger partial charge >= 0.3 is 5.51 Å². The summed E-state index contributed by atoms with van der Waals surface area (Å²) in [5.41, 5.74) is -5.71. The summed E-state index contributed by atoms with van der Waals surface area (Å²) in [5, 5.41) is 2.52. The summed E-state index contributed by atoms with van der Waals surface area (Å²) in [6, 6.07) is 2.23. The molecule has 0 bridgehead atoms. The molecule has 0 fully saturated rings. The minimum absolute atomic E-state index is 0.254. The molecular weight excluding hydrogens is 274 g/mol. The summed E-state index contributed by atoms with van der Waals surface area (Å²) < 4.78 is 72.7. The van der Waals surface area contributed by atoms with Crippen LogP contribution in [0, 0.1) is 5.82 Å². The van der Waals surface area contributed by atoms with Crippen LogP contribution in [0.1, 0.15) is 13.3 Å². The predicted octanol–water partition coefficient (Wildman–Crippen LogP) is 2.94. The van der Waals surface area contributed by atoms with Crippen molar-refractivity contribution in [2.75, 3.05) is 11.9 Å². The molecule has 1 N–H and O–H groups in total. The summed E-state index contributed by atoms with van der Waals surface area (Å²) in [5.74, 6) is -1.04. The van der Waals surface area contributed by atoms with Gasteiger partial charge in [-0.15, -0.1) is 0 Å². The average molecular weight is 285 g/mol. The normalized spacial score (nSPS) is 12.5. The second kappa shape index (κ2) is 5.13. The molecule has 3 nitrogen and oxygen atoms in total. The van der Waals surface area contributed by atoms with Gasteiger partial charge in [0.05, 0.1) is 5.69 Å². The largest absolute Gasteiger partial charge is 0.501 e. The van der Waals surface area contributed by atoms with Gasteiger partial charge in [-0.1, -0.05) is 6.92 Å². The van der Waals surface area contributed by atoms with Gasteiger partial charge in [-0.3, -0.25) is 0 Å². The Balaban J connectivity index is 3.34. The van der Waals surface area contributed by atoms with Crippen LogP contribution in [-0.2, 0) is 9.84 Å². The van der Waals surface area contributed by atoms with Crippen molar-refractivity contribution in [3.63, 3.8) is 0 Å². The molecule has 18 heavy (non-hydrogen) atoms. The first-order chi connectivity index (χ1) is 8.20. The van der Waals surface area contributed by atoms with Gasteiger partial charge in [0.1, 0.15) is 10.7 Å². The van der Waals surface area contributed by atoms with E-state index in [-0.39, 0.29) is 12.2 Å². The summed E-state index contributed by atoms with van der Waals surface area (Å²) in [6.07, 6.45) is 0.586. The fourth-order valence-corrected chi connectivity index (χ4v) is 2.20. The maximum absolute atomic E-state index is 12.9. The summed E-state index contributed by atoms with van der Waals surface area (Å²) >= 11 is 0.